The summed E-state index contributed by atoms with van der Waals surface area (Å²) in [6.45, 7) is 2.42. The third-order valence-electron chi connectivity index (χ3n) is 4.19. The lowest BCUT2D eigenvalue weighted by atomic mass is 10.0. The fourth-order valence-corrected chi connectivity index (χ4v) is 2.63. The first-order valence-electron chi connectivity index (χ1n) is 8.53. The van der Waals surface area contributed by atoms with Crippen LogP contribution in [-0.2, 0) is 16.1 Å². The van der Waals surface area contributed by atoms with Crippen LogP contribution in [0.1, 0.15) is 17.2 Å². The molecule has 1 saturated heterocycles. The summed E-state index contributed by atoms with van der Waals surface area (Å²) in [7, 11) is 0. The van der Waals surface area contributed by atoms with E-state index in [9.17, 15) is 4.79 Å². The standard InChI is InChI=1S/C12H17NO2.C8H8O3/c14-7-11-8-15-9-12(11)13-6-10-4-2-1-3-5-10;9-7(8(10)11)6-4-2-1-3-5-6/h1-5,11-14H,6-9H2;1-5,7,9H,(H,10,11)/t11-,12+;7-/m00/s1. The van der Waals surface area contributed by atoms with Crippen LogP contribution in [0, 0.1) is 5.92 Å². The molecule has 1 aliphatic heterocycles. The van der Waals surface area contributed by atoms with Crippen LogP contribution in [-0.4, -0.2) is 47.2 Å². The highest BCUT2D eigenvalue weighted by Gasteiger charge is 2.26. The lowest BCUT2D eigenvalue weighted by Crippen LogP contribution is -2.36. The average Bonchev–Trinajstić information content (AvgIpc) is 3.15. The van der Waals surface area contributed by atoms with Crippen molar-refractivity contribution in [1.29, 1.82) is 0 Å². The fourth-order valence-electron chi connectivity index (χ4n) is 2.63. The number of carboxylic acids is 1. The third kappa shape index (κ3) is 6.24. The van der Waals surface area contributed by atoms with Gasteiger partial charge in [-0.1, -0.05) is 60.7 Å². The molecule has 1 fully saturated rings. The minimum absolute atomic E-state index is 0.201. The van der Waals surface area contributed by atoms with Gasteiger partial charge in [0.2, 0.25) is 0 Å². The maximum absolute atomic E-state index is 10.2. The second-order valence-electron chi connectivity index (χ2n) is 6.10. The highest BCUT2D eigenvalue weighted by atomic mass is 16.5. The molecule has 0 amide bonds. The molecule has 3 atom stereocenters. The van der Waals surface area contributed by atoms with Crippen LogP contribution in [0.3, 0.4) is 0 Å². The molecule has 0 radical (unpaired) electrons. The van der Waals surface area contributed by atoms with Crippen LogP contribution in [0.15, 0.2) is 60.7 Å². The van der Waals surface area contributed by atoms with Gasteiger partial charge in [0.15, 0.2) is 6.10 Å². The zero-order valence-electron chi connectivity index (χ0n) is 14.5. The maximum atomic E-state index is 10.2. The zero-order chi connectivity index (χ0) is 18.8. The molecule has 1 aliphatic rings. The van der Waals surface area contributed by atoms with Crippen LogP contribution >= 0.6 is 0 Å². The van der Waals surface area contributed by atoms with Gasteiger partial charge in [-0.3, -0.25) is 0 Å². The van der Waals surface area contributed by atoms with Gasteiger partial charge < -0.3 is 25.4 Å². The Balaban J connectivity index is 0.000000197. The second-order valence-corrected chi connectivity index (χ2v) is 6.10. The Hall–Kier alpha value is -2.25. The molecule has 0 bridgehead atoms. The second kappa shape index (κ2) is 10.7. The van der Waals surface area contributed by atoms with Gasteiger partial charge in [-0.25, -0.2) is 4.79 Å². The van der Waals surface area contributed by atoms with Gasteiger partial charge in [0.25, 0.3) is 0 Å². The van der Waals surface area contributed by atoms with Crippen molar-refractivity contribution in [2.75, 3.05) is 19.8 Å². The molecule has 26 heavy (non-hydrogen) atoms. The first-order valence-corrected chi connectivity index (χ1v) is 8.53. The van der Waals surface area contributed by atoms with E-state index in [1.807, 2.05) is 18.2 Å². The SMILES string of the molecule is O=C(O)[C@@H](O)c1ccccc1.OC[C@H]1COC[C@H]1NCc1ccccc1. The number of aliphatic carboxylic acids is 1. The number of carboxylic acid groups (broad SMARTS) is 1. The van der Waals surface area contributed by atoms with Crippen LogP contribution in [0.25, 0.3) is 0 Å². The minimum atomic E-state index is -1.41. The van der Waals surface area contributed by atoms with E-state index in [0.29, 0.717) is 18.8 Å². The summed E-state index contributed by atoms with van der Waals surface area (Å²) in [5.74, 6) is -0.982. The molecular formula is C20H25NO5. The number of rotatable bonds is 6. The lowest BCUT2D eigenvalue weighted by molar-refractivity contribution is -0.146. The van der Waals surface area contributed by atoms with Crippen molar-refractivity contribution in [3.8, 4) is 0 Å². The quantitative estimate of drug-likeness (QED) is 0.625. The highest BCUT2D eigenvalue weighted by molar-refractivity contribution is 5.73. The predicted molar refractivity (Wildman–Crippen MR) is 97.5 cm³/mol. The Morgan fingerprint density at radius 3 is 2.27 bits per heavy atom. The molecule has 0 unspecified atom stereocenters. The van der Waals surface area contributed by atoms with Crippen molar-refractivity contribution in [2.45, 2.75) is 18.7 Å². The van der Waals surface area contributed by atoms with E-state index in [-0.39, 0.29) is 18.6 Å². The molecule has 0 aliphatic carbocycles. The molecule has 6 heteroatoms. The van der Waals surface area contributed by atoms with Crippen molar-refractivity contribution < 1.29 is 24.9 Å². The van der Waals surface area contributed by atoms with Crippen LogP contribution < -0.4 is 5.32 Å². The van der Waals surface area contributed by atoms with E-state index < -0.39 is 12.1 Å². The molecule has 2 aromatic carbocycles. The van der Waals surface area contributed by atoms with E-state index in [1.165, 1.54) is 5.56 Å². The van der Waals surface area contributed by atoms with E-state index in [1.54, 1.807) is 30.3 Å². The van der Waals surface area contributed by atoms with Crippen LogP contribution in [0.4, 0.5) is 0 Å². The summed E-state index contributed by atoms with van der Waals surface area (Å²) in [5.41, 5.74) is 1.67. The van der Waals surface area contributed by atoms with Gasteiger partial charge in [-0.05, 0) is 11.1 Å². The molecule has 4 N–H and O–H groups in total. The van der Waals surface area contributed by atoms with E-state index in [2.05, 4.69) is 17.4 Å². The van der Waals surface area contributed by atoms with Gasteiger partial charge in [0.05, 0.1) is 13.2 Å². The molecule has 0 saturated carbocycles. The Morgan fingerprint density at radius 2 is 1.69 bits per heavy atom. The lowest BCUT2D eigenvalue weighted by Gasteiger charge is -2.16. The summed E-state index contributed by atoms with van der Waals surface area (Å²) in [6.07, 6.45) is -1.41. The molecule has 2 aromatic rings. The van der Waals surface area contributed by atoms with Crippen molar-refractivity contribution in [3.63, 3.8) is 0 Å². The molecule has 0 spiro atoms. The largest absolute Gasteiger partial charge is 0.479 e. The minimum Gasteiger partial charge on any atom is -0.479 e. The predicted octanol–water partition coefficient (Wildman–Crippen LogP) is 1.59. The summed E-state index contributed by atoms with van der Waals surface area (Å²) >= 11 is 0. The van der Waals surface area contributed by atoms with Crippen LogP contribution in [0.2, 0.25) is 0 Å². The van der Waals surface area contributed by atoms with E-state index in [4.69, 9.17) is 20.1 Å². The highest BCUT2D eigenvalue weighted by Crippen LogP contribution is 2.13. The summed E-state index contributed by atoms with van der Waals surface area (Å²) < 4.78 is 5.33. The molecule has 6 nitrogen and oxygen atoms in total. The van der Waals surface area contributed by atoms with Gasteiger partial charge in [-0.2, -0.15) is 0 Å². The van der Waals surface area contributed by atoms with Gasteiger partial charge in [0, 0.05) is 25.1 Å². The first-order chi connectivity index (χ1) is 12.6. The monoisotopic (exact) mass is 359 g/mol. The number of nitrogens with one attached hydrogen (secondary N) is 1. The summed E-state index contributed by atoms with van der Waals surface area (Å²) in [6, 6.07) is 18.8. The molecule has 0 aromatic heterocycles. The Labute approximate surface area is 153 Å². The number of hydrogen-bond donors (Lipinski definition) is 4. The number of aliphatic hydroxyl groups excluding tert-OH is 2. The zero-order valence-corrected chi connectivity index (χ0v) is 14.5. The van der Waals surface area contributed by atoms with Crippen molar-refractivity contribution in [3.05, 3.63) is 71.8 Å². The Kier molecular flexibility index (Phi) is 8.24. The molecule has 3 rings (SSSR count). The number of benzene rings is 2. The van der Waals surface area contributed by atoms with Gasteiger partial charge in [-0.15, -0.1) is 0 Å². The average molecular weight is 359 g/mol. The van der Waals surface area contributed by atoms with Gasteiger partial charge in [0.1, 0.15) is 0 Å². The number of ether oxygens (including phenoxy) is 1. The molecule has 1 heterocycles. The topological polar surface area (TPSA) is 99.0 Å². The normalized spacial score (nSPS) is 20.1. The first kappa shape index (κ1) is 20.1. The summed E-state index contributed by atoms with van der Waals surface area (Å²) in [5, 5.41) is 29.9. The van der Waals surface area contributed by atoms with Crippen molar-refractivity contribution in [2.24, 2.45) is 5.92 Å². The maximum Gasteiger partial charge on any atom is 0.337 e. The number of carbonyl (C=O) groups is 1. The Bertz CT molecular complexity index is 650. The van der Waals surface area contributed by atoms with Crippen molar-refractivity contribution in [1.82, 2.24) is 5.32 Å². The van der Waals surface area contributed by atoms with E-state index in [0.717, 1.165) is 6.54 Å². The van der Waals surface area contributed by atoms with Crippen LogP contribution in [0.5, 0.6) is 0 Å². The Morgan fingerprint density at radius 1 is 1.08 bits per heavy atom. The third-order valence-corrected chi connectivity index (χ3v) is 4.19. The van der Waals surface area contributed by atoms with E-state index >= 15 is 0 Å². The molecule has 140 valence electrons. The smallest absolute Gasteiger partial charge is 0.337 e. The number of aliphatic hydroxyl groups is 2. The van der Waals surface area contributed by atoms with Crippen molar-refractivity contribution >= 4 is 5.97 Å². The molecular weight excluding hydrogens is 334 g/mol. The summed E-state index contributed by atoms with van der Waals surface area (Å²) in [4.78, 5) is 10.2. The number of hydrogen-bond acceptors (Lipinski definition) is 5. The fraction of sp³-hybridized carbons (Fsp3) is 0.350. The van der Waals surface area contributed by atoms with Gasteiger partial charge >= 0.3 is 5.97 Å².